The topological polar surface area (TPSA) is 83.9 Å². The van der Waals surface area contributed by atoms with Gasteiger partial charge >= 0.3 is 0 Å². The van der Waals surface area contributed by atoms with Crippen LogP contribution in [0.2, 0.25) is 0 Å². The number of piperidine rings is 1. The summed E-state index contributed by atoms with van der Waals surface area (Å²) < 4.78 is 11.7. The molecule has 0 unspecified atom stereocenters. The zero-order valence-electron chi connectivity index (χ0n) is 20.2. The number of rotatable bonds is 3. The SMILES string of the molecule is Cc1nc(N2CCN(c3ccccn3)CC2)c2c(C)c(C(=O)N3CCC4(CC3)OCCO4)sc2n1. The average Bonchev–Trinajstić information content (AvgIpc) is 3.48. The van der Waals surface area contributed by atoms with Crippen molar-refractivity contribution in [3.8, 4) is 0 Å². The molecular formula is C25H30N6O3S. The Morgan fingerprint density at radius 3 is 2.37 bits per heavy atom. The number of amides is 1. The number of aromatic nitrogens is 3. The number of hydrogen-bond donors (Lipinski definition) is 0. The highest BCUT2D eigenvalue weighted by molar-refractivity contribution is 7.20. The Morgan fingerprint density at radius 2 is 1.69 bits per heavy atom. The molecule has 10 heteroatoms. The zero-order valence-corrected chi connectivity index (χ0v) is 21.0. The van der Waals surface area contributed by atoms with Crippen molar-refractivity contribution in [2.45, 2.75) is 32.5 Å². The van der Waals surface area contributed by atoms with Crippen LogP contribution < -0.4 is 9.80 Å². The maximum Gasteiger partial charge on any atom is 0.264 e. The maximum atomic E-state index is 13.5. The number of fused-ring (bicyclic) bond motifs is 1. The lowest BCUT2D eigenvalue weighted by Gasteiger charge is -2.37. The van der Waals surface area contributed by atoms with E-state index in [0.717, 1.165) is 64.3 Å². The summed E-state index contributed by atoms with van der Waals surface area (Å²) in [6, 6.07) is 6.02. The second-order valence-electron chi connectivity index (χ2n) is 9.39. The van der Waals surface area contributed by atoms with E-state index in [0.29, 0.717) is 39.1 Å². The lowest BCUT2D eigenvalue weighted by Crippen LogP contribution is -2.47. The van der Waals surface area contributed by atoms with E-state index in [1.165, 1.54) is 11.3 Å². The molecule has 6 rings (SSSR count). The standard InChI is InChI=1S/C25H30N6O3S/c1-17-20-22(30-13-11-29(12-14-30)19-5-3-4-8-26-19)27-18(2)28-23(20)35-21(17)24(32)31-9-6-25(7-10-31)33-15-16-34-25/h3-5,8H,6-7,9-16H2,1-2H3. The monoisotopic (exact) mass is 494 g/mol. The fourth-order valence-electron chi connectivity index (χ4n) is 5.32. The highest BCUT2D eigenvalue weighted by atomic mass is 32.1. The summed E-state index contributed by atoms with van der Waals surface area (Å²) >= 11 is 1.49. The molecule has 3 saturated heterocycles. The van der Waals surface area contributed by atoms with Gasteiger partial charge in [0.05, 0.1) is 23.5 Å². The first kappa shape index (κ1) is 22.6. The molecule has 184 valence electrons. The van der Waals surface area contributed by atoms with Crippen LogP contribution in [0.3, 0.4) is 0 Å². The number of thiophene rings is 1. The number of ether oxygens (including phenoxy) is 2. The van der Waals surface area contributed by atoms with Crippen LogP contribution in [-0.2, 0) is 9.47 Å². The van der Waals surface area contributed by atoms with Crippen LogP contribution in [0.25, 0.3) is 10.2 Å². The number of likely N-dealkylation sites (tertiary alicyclic amines) is 1. The van der Waals surface area contributed by atoms with Gasteiger partial charge in [0.1, 0.15) is 22.3 Å². The van der Waals surface area contributed by atoms with E-state index >= 15 is 0 Å². The van der Waals surface area contributed by atoms with Crippen molar-refractivity contribution in [3.63, 3.8) is 0 Å². The van der Waals surface area contributed by atoms with E-state index in [4.69, 9.17) is 19.4 Å². The molecule has 3 aliphatic rings. The molecule has 0 radical (unpaired) electrons. The van der Waals surface area contributed by atoms with Crippen molar-refractivity contribution in [2.75, 3.05) is 62.3 Å². The van der Waals surface area contributed by atoms with Gasteiger partial charge in [-0.05, 0) is 31.5 Å². The molecule has 1 amide bonds. The summed E-state index contributed by atoms with van der Waals surface area (Å²) in [5.74, 6) is 2.26. The van der Waals surface area contributed by atoms with Gasteiger partial charge < -0.3 is 24.2 Å². The molecule has 35 heavy (non-hydrogen) atoms. The Morgan fingerprint density at radius 1 is 0.971 bits per heavy atom. The van der Waals surface area contributed by atoms with Crippen LogP contribution in [0, 0.1) is 13.8 Å². The Balaban J connectivity index is 1.24. The largest absolute Gasteiger partial charge is 0.353 e. The molecule has 0 aromatic carbocycles. The van der Waals surface area contributed by atoms with Gasteiger partial charge in [0, 0.05) is 58.3 Å². The third-order valence-electron chi connectivity index (χ3n) is 7.26. The predicted octanol–water partition coefficient (Wildman–Crippen LogP) is 3.01. The molecule has 3 aliphatic heterocycles. The normalized spacial score (nSPS) is 20.2. The van der Waals surface area contributed by atoms with Crippen molar-refractivity contribution >= 4 is 39.1 Å². The maximum absolute atomic E-state index is 13.5. The lowest BCUT2D eigenvalue weighted by atomic mass is 10.0. The molecule has 9 nitrogen and oxygen atoms in total. The molecule has 6 heterocycles. The highest BCUT2D eigenvalue weighted by Crippen LogP contribution is 2.38. The van der Waals surface area contributed by atoms with Gasteiger partial charge in [-0.15, -0.1) is 11.3 Å². The molecule has 3 fully saturated rings. The summed E-state index contributed by atoms with van der Waals surface area (Å²) in [6.07, 6.45) is 3.27. The Bertz CT molecular complexity index is 1220. The molecule has 0 atom stereocenters. The number of nitrogens with zero attached hydrogens (tertiary/aromatic N) is 6. The Hall–Kier alpha value is -2.82. The summed E-state index contributed by atoms with van der Waals surface area (Å²) in [5.41, 5.74) is 0.978. The van der Waals surface area contributed by atoms with Crippen molar-refractivity contribution in [2.24, 2.45) is 0 Å². The number of carbonyl (C=O) groups is 1. The third kappa shape index (κ3) is 4.13. The number of piperazine rings is 1. The number of hydrogen-bond acceptors (Lipinski definition) is 9. The van der Waals surface area contributed by atoms with Crippen LogP contribution in [-0.4, -0.2) is 84.0 Å². The molecule has 0 aliphatic carbocycles. The van der Waals surface area contributed by atoms with Crippen molar-refractivity contribution in [1.29, 1.82) is 0 Å². The van der Waals surface area contributed by atoms with E-state index in [-0.39, 0.29) is 5.91 Å². The van der Waals surface area contributed by atoms with E-state index in [9.17, 15) is 4.79 Å². The quantitative estimate of drug-likeness (QED) is 0.550. The minimum atomic E-state index is -0.487. The van der Waals surface area contributed by atoms with Gasteiger partial charge in [-0.2, -0.15) is 0 Å². The Labute approximate surface area is 208 Å². The van der Waals surface area contributed by atoms with Gasteiger partial charge in [0.2, 0.25) is 0 Å². The van der Waals surface area contributed by atoms with E-state index in [2.05, 4.69) is 20.9 Å². The highest BCUT2D eigenvalue weighted by Gasteiger charge is 2.41. The van der Waals surface area contributed by atoms with Gasteiger partial charge in [-0.1, -0.05) is 6.07 Å². The second kappa shape index (κ2) is 9.00. The number of pyridine rings is 1. The summed E-state index contributed by atoms with van der Waals surface area (Å²) in [7, 11) is 0. The molecule has 1 spiro atoms. The Kier molecular flexibility index (Phi) is 5.82. The summed E-state index contributed by atoms with van der Waals surface area (Å²) in [5, 5.41) is 1.01. The van der Waals surface area contributed by atoms with Crippen LogP contribution in [0.1, 0.15) is 33.9 Å². The molecule has 3 aromatic rings. The first-order valence-electron chi connectivity index (χ1n) is 12.3. The minimum absolute atomic E-state index is 0.0712. The number of anilines is 2. The third-order valence-corrected chi connectivity index (χ3v) is 8.43. The zero-order chi connectivity index (χ0) is 24.0. The van der Waals surface area contributed by atoms with Crippen molar-refractivity contribution < 1.29 is 14.3 Å². The first-order valence-corrected chi connectivity index (χ1v) is 13.1. The minimum Gasteiger partial charge on any atom is -0.353 e. The smallest absolute Gasteiger partial charge is 0.264 e. The van der Waals surface area contributed by atoms with E-state index in [1.54, 1.807) is 0 Å². The summed E-state index contributed by atoms with van der Waals surface area (Å²) in [6.45, 7) is 9.94. The number of carbonyl (C=O) groups excluding carboxylic acids is 1. The van der Waals surface area contributed by atoms with Crippen LogP contribution in [0.15, 0.2) is 24.4 Å². The van der Waals surface area contributed by atoms with Crippen LogP contribution in [0.4, 0.5) is 11.6 Å². The van der Waals surface area contributed by atoms with E-state index in [1.807, 2.05) is 37.1 Å². The molecule has 3 aromatic heterocycles. The molecule has 0 N–H and O–H groups in total. The first-order chi connectivity index (χ1) is 17.0. The molecule has 0 bridgehead atoms. The van der Waals surface area contributed by atoms with Gasteiger partial charge in [-0.25, -0.2) is 15.0 Å². The number of aryl methyl sites for hydroxylation is 2. The van der Waals surface area contributed by atoms with Gasteiger partial charge in [-0.3, -0.25) is 4.79 Å². The lowest BCUT2D eigenvalue weighted by molar-refractivity contribution is -0.181. The average molecular weight is 495 g/mol. The molecule has 0 saturated carbocycles. The van der Waals surface area contributed by atoms with Gasteiger partial charge in [0.15, 0.2) is 5.79 Å². The predicted molar refractivity (Wildman–Crippen MR) is 135 cm³/mol. The fraction of sp³-hybridized carbons (Fsp3) is 0.520. The summed E-state index contributed by atoms with van der Waals surface area (Å²) in [4.78, 5) is 35.8. The second-order valence-corrected chi connectivity index (χ2v) is 10.4. The van der Waals surface area contributed by atoms with Crippen molar-refractivity contribution in [1.82, 2.24) is 19.9 Å². The van der Waals surface area contributed by atoms with Crippen LogP contribution in [0.5, 0.6) is 0 Å². The van der Waals surface area contributed by atoms with Crippen molar-refractivity contribution in [3.05, 3.63) is 40.7 Å². The van der Waals surface area contributed by atoms with E-state index < -0.39 is 5.79 Å². The fourth-order valence-corrected chi connectivity index (χ4v) is 6.51. The van der Waals surface area contributed by atoms with Gasteiger partial charge in [0.25, 0.3) is 5.91 Å². The molecular weight excluding hydrogens is 464 g/mol. The van der Waals surface area contributed by atoms with Crippen LogP contribution >= 0.6 is 11.3 Å².